The van der Waals surface area contributed by atoms with Gasteiger partial charge in [-0.05, 0) is 41.8 Å². The van der Waals surface area contributed by atoms with Crippen LogP contribution < -0.4 is 10.6 Å². The van der Waals surface area contributed by atoms with Gasteiger partial charge in [0, 0.05) is 5.02 Å². The fraction of sp³-hybridized carbons (Fsp3) is 0.136. The predicted octanol–water partition coefficient (Wildman–Crippen LogP) is 4.92. The van der Waals surface area contributed by atoms with E-state index in [1.54, 1.807) is 12.1 Å². The molecule has 0 fully saturated rings. The van der Waals surface area contributed by atoms with Crippen molar-refractivity contribution >= 4 is 29.4 Å². The zero-order valence-corrected chi connectivity index (χ0v) is 16.6. The second-order valence-electron chi connectivity index (χ2n) is 7.05. The second kappa shape index (κ2) is 7.68. The average molecular weight is 420 g/mol. The van der Waals surface area contributed by atoms with Crippen LogP contribution in [0.1, 0.15) is 40.2 Å². The van der Waals surface area contributed by atoms with Gasteiger partial charge in [0.05, 0.1) is 18.3 Å². The van der Waals surface area contributed by atoms with Crippen molar-refractivity contribution in [3.63, 3.8) is 0 Å². The number of anilines is 2. The van der Waals surface area contributed by atoms with E-state index in [2.05, 4.69) is 32.8 Å². The van der Waals surface area contributed by atoms with E-state index in [-0.39, 0.29) is 23.8 Å². The molecule has 8 heteroatoms. The smallest absolute Gasteiger partial charge is 0.293 e. The van der Waals surface area contributed by atoms with Crippen molar-refractivity contribution in [2.24, 2.45) is 0 Å². The van der Waals surface area contributed by atoms with E-state index in [4.69, 9.17) is 16.0 Å². The Balaban J connectivity index is 1.49. The number of hydrogen-bond acceptors (Lipinski definition) is 5. The van der Waals surface area contributed by atoms with Crippen molar-refractivity contribution in [3.8, 4) is 0 Å². The van der Waals surface area contributed by atoms with Crippen LogP contribution >= 0.6 is 11.6 Å². The Morgan fingerprint density at radius 3 is 2.60 bits per heavy atom. The van der Waals surface area contributed by atoms with Gasteiger partial charge in [-0.3, -0.25) is 10.1 Å². The molecule has 0 bridgehead atoms. The molecule has 0 radical (unpaired) electrons. The summed E-state index contributed by atoms with van der Waals surface area (Å²) in [5.74, 6) is 0.615. The summed E-state index contributed by atoms with van der Waals surface area (Å²) in [5.41, 5.74) is 2.23. The number of halogens is 1. The zero-order valence-electron chi connectivity index (χ0n) is 15.8. The number of nitrogens with one attached hydrogen (secondary N) is 2. The third-order valence-corrected chi connectivity index (χ3v) is 5.37. The molecule has 150 valence electrons. The van der Waals surface area contributed by atoms with Crippen LogP contribution in [-0.2, 0) is 0 Å². The number of fused-ring (bicyclic) bond motifs is 1. The van der Waals surface area contributed by atoms with Gasteiger partial charge in [0.25, 0.3) is 11.9 Å². The molecule has 0 saturated heterocycles. The first-order chi connectivity index (χ1) is 14.7. The summed E-state index contributed by atoms with van der Waals surface area (Å²) in [6.07, 6.45) is 2.22. The molecule has 0 unspecified atom stereocenters. The summed E-state index contributed by atoms with van der Waals surface area (Å²) in [4.78, 5) is 16.8. The molecule has 2 N–H and O–H groups in total. The highest BCUT2D eigenvalue weighted by molar-refractivity contribution is 6.30. The molecule has 4 aromatic rings. The van der Waals surface area contributed by atoms with Gasteiger partial charge in [-0.2, -0.15) is 4.98 Å². The highest BCUT2D eigenvalue weighted by Gasteiger charge is 2.31. The van der Waals surface area contributed by atoms with Crippen LogP contribution in [0.25, 0.3) is 0 Å². The lowest BCUT2D eigenvalue weighted by Crippen LogP contribution is -2.28. The van der Waals surface area contributed by atoms with Crippen LogP contribution in [0.5, 0.6) is 0 Å². The SMILES string of the molecule is O=C(Nc1nc2n(n1)[C@H](c1ccccc1)C[C@@H](c1ccc(Cl)cc1)N2)c1ccco1. The number of carbonyl (C=O) groups is 1. The molecule has 2 aromatic heterocycles. The molecule has 5 rings (SSSR count). The largest absolute Gasteiger partial charge is 0.459 e. The summed E-state index contributed by atoms with van der Waals surface area (Å²) in [5, 5.41) is 11.4. The first kappa shape index (κ1) is 18.4. The maximum atomic E-state index is 12.3. The molecule has 3 heterocycles. The van der Waals surface area contributed by atoms with Crippen LogP contribution in [0.3, 0.4) is 0 Å². The second-order valence-corrected chi connectivity index (χ2v) is 7.48. The maximum absolute atomic E-state index is 12.3. The Hall–Kier alpha value is -3.58. The van der Waals surface area contributed by atoms with Gasteiger partial charge in [0.2, 0.25) is 5.95 Å². The fourth-order valence-corrected chi connectivity index (χ4v) is 3.79. The van der Waals surface area contributed by atoms with E-state index in [0.717, 1.165) is 17.5 Å². The molecular formula is C22H18ClN5O2. The van der Waals surface area contributed by atoms with Crippen LogP contribution in [-0.4, -0.2) is 20.7 Å². The Morgan fingerprint density at radius 2 is 1.87 bits per heavy atom. The number of rotatable bonds is 4. The minimum absolute atomic E-state index is 0.0257. The van der Waals surface area contributed by atoms with Gasteiger partial charge in [-0.1, -0.05) is 54.1 Å². The molecule has 1 aliphatic rings. The van der Waals surface area contributed by atoms with Gasteiger partial charge >= 0.3 is 0 Å². The number of nitrogens with zero attached hydrogens (tertiary/aromatic N) is 3. The van der Waals surface area contributed by atoms with Crippen LogP contribution in [0, 0.1) is 0 Å². The number of amides is 1. The summed E-state index contributed by atoms with van der Waals surface area (Å²) in [7, 11) is 0. The topological polar surface area (TPSA) is 85.0 Å². The van der Waals surface area contributed by atoms with Crippen LogP contribution in [0.4, 0.5) is 11.9 Å². The summed E-state index contributed by atoms with van der Waals surface area (Å²) in [6, 6.07) is 21.1. The lowest BCUT2D eigenvalue weighted by Gasteiger charge is -2.31. The highest BCUT2D eigenvalue weighted by atomic mass is 35.5. The molecule has 0 spiro atoms. The molecule has 2 aromatic carbocycles. The summed E-state index contributed by atoms with van der Waals surface area (Å²) >= 11 is 6.06. The number of furan rings is 1. The Bertz CT molecular complexity index is 1160. The van der Waals surface area contributed by atoms with Gasteiger partial charge < -0.3 is 9.73 Å². The fourth-order valence-electron chi connectivity index (χ4n) is 3.67. The van der Waals surface area contributed by atoms with Gasteiger partial charge in [-0.15, -0.1) is 5.10 Å². The third-order valence-electron chi connectivity index (χ3n) is 5.12. The molecule has 0 saturated carbocycles. The van der Waals surface area contributed by atoms with E-state index in [1.807, 2.05) is 47.1 Å². The Labute approximate surface area is 177 Å². The van der Waals surface area contributed by atoms with Crippen LogP contribution in [0.15, 0.2) is 77.4 Å². The minimum atomic E-state index is -0.395. The third kappa shape index (κ3) is 3.55. The van der Waals surface area contributed by atoms with E-state index in [1.165, 1.54) is 6.26 Å². The first-order valence-electron chi connectivity index (χ1n) is 9.56. The molecule has 30 heavy (non-hydrogen) atoms. The molecular weight excluding hydrogens is 402 g/mol. The van der Waals surface area contributed by atoms with E-state index >= 15 is 0 Å². The molecule has 7 nitrogen and oxygen atoms in total. The monoisotopic (exact) mass is 419 g/mol. The van der Waals surface area contributed by atoms with Gasteiger partial charge in [0.15, 0.2) is 5.76 Å². The van der Waals surface area contributed by atoms with Gasteiger partial charge in [-0.25, -0.2) is 4.68 Å². The normalized spacial score (nSPS) is 17.8. The molecule has 1 amide bonds. The number of aromatic nitrogens is 3. The Kier molecular flexibility index (Phi) is 4.72. The Morgan fingerprint density at radius 1 is 1.07 bits per heavy atom. The average Bonchev–Trinajstić information content (AvgIpc) is 3.44. The standard InChI is InChI=1S/C22H18ClN5O2/c23-16-10-8-14(9-11-16)17-13-18(15-5-2-1-3-6-15)28-22(24-17)26-21(27-28)25-20(29)19-7-4-12-30-19/h1-12,17-18H,13H2,(H2,24,25,26,27,29)/t17-,18-/m0/s1. The van der Waals surface area contributed by atoms with Crippen molar-refractivity contribution in [2.75, 3.05) is 10.6 Å². The van der Waals surface area contributed by atoms with Crippen molar-refractivity contribution < 1.29 is 9.21 Å². The van der Waals surface area contributed by atoms with Gasteiger partial charge in [0.1, 0.15) is 0 Å². The van der Waals surface area contributed by atoms with Crippen LogP contribution in [0.2, 0.25) is 5.02 Å². The minimum Gasteiger partial charge on any atom is -0.459 e. The number of benzene rings is 2. The lowest BCUT2D eigenvalue weighted by atomic mass is 9.93. The maximum Gasteiger partial charge on any atom is 0.293 e. The van der Waals surface area contributed by atoms with Crippen molar-refractivity contribution in [2.45, 2.75) is 18.5 Å². The van der Waals surface area contributed by atoms with Crippen molar-refractivity contribution in [1.29, 1.82) is 0 Å². The van der Waals surface area contributed by atoms with E-state index in [0.29, 0.717) is 11.0 Å². The van der Waals surface area contributed by atoms with Crippen molar-refractivity contribution in [1.82, 2.24) is 14.8 Å². The zero-order chi connectivity index (χ0) is 20.5. The summed E-state index contributed by atoms with van der Waals surface area (Å²) < 4.78 is 6.96. The highest BCUT2D eigenvalue weighted by Crippen LogP contribution is 2.38. The van der Waals surface area contributed by atoms with E-state index in [9.17, 15) is 4.79 Å². The molecule has 2 atom stereocenters. The quantitative estimate of drug-likeness (QED) is 0.490. The van der Waals surface area contributed by atoms with E-state index < -0.39 is 5.91 Å². The lowest BCUT2D eigenvalue weighted by molar-refractivity contribution is 0.0995. The molecule has 1 aliphatic heterocycles. The first-order valence-corrected chi connectivity index (χ1v) is 9.93. The number of carbonyl (C=O) groups excluding carboxylic acids is 1. The van der Waals surface area contributed by atoms with Crippen molar-refractivity contribution in [3.05, 3.63) is 94.9 Å². The predicted molar refractivity (Wildman–Crippen MR) is 114 cm³/mol. The molecule has 0 aliphatic carbocycles. The summed E-state index contributed by atoms with van der Waals surface area (Å²) in [6.45, 7) is 0. The number of hydrogen-bond donors (Lipinski definition) is 2.